The Bertz CT molecular complexity index is 595. The van der Waals surface area contributed by atoms with Gasteiger partial charge in [0.15, 0.2) is 0 Å². The molecule has 2 nitrogen and oxygen atoms in total. The highest BCUT2D eigenvalue weighted by Gasteiger charge is 2.14. The average molecular weight is 318 g/mol. The molecule has 0 saturated heterocycles. The molecule has 98 valence electrons. The third kappa shape index (κ3) is 3.24. The summed E-state index contributed by atoms with van der Waals surface area (Å²) in [4.78, 5) is 12.2. The number of aryl methyl sites for hydroxylation is 1. The van der Waals surface area contributed by atoms with Gasteiger partial charge >= 0.3 is 0 Å². The SMILES string of the molecule is Cc1ccccc1C(C)NC(=O)c1ccccc1Br. The third-order valence-corrected chi connectivity index (χ3v) is 3.81. The van der Waals surface area contributed by atoms with Crippen LogP contribution in [-0.4, -0.2) is 5.91 Å². The first-order valence-electron chi connectivity index (χ1n) is 6.20. The molecule has 19 heavy (non-hydrogen) atoms. The molecule has 1 amide bonds. The van der Waals surface area contributed by atoms with Crippen molar-refractivity contribution in [2.45, 2.75) is 19.9 Å². The average Bonchev–Trinajstić information content (AvgIpc) is 2.39. The lowest BCUT2D eigenvalue weighted by Gasteiger charge is -2.17. The summed E-state index contributed by atoms with van der Waals surface area (Å²) in [6, 6.07) is 15.5. The van der Waals surface area contributed by atoms with E-state index >= 15 is 0 Å². The summed E-state index contributed by atoms with van der Waals surface area (Å²) in [5, 5.41) is 3.03. The molecule has 0 spiro atoms. The summed E-state index contributed by atoms with van der Waals surface area (Å²) >= 11 is 3.40. The van der Waals surface area contributed by atoms with E-state index in [4.69, 9.17) is 0 Å². The molecular weight excluding hydrogens is 302 g/mol. The maximum absolute atomic E-state index is 12.2. The van der Waals surface area contributed by atoms with Crippen LogP contribution in [0.25, 0.3) is 0 Å². The molecule has 0 aliphatic rings. The van der Waals surface area contributed by atoms with E-state index in [0.29, 0.717) is 5.56 Å². The molecule has 0 saturated carbocycles. The minimum Gasteiger partial charge on any atom is -0.345 e. The summed E-state index contributed by atoms with van der Waals surface area (Å²) in [5.74, 6) is -0.0665. The number of carbonyl (C=O) groups excluding carboxylic acids is 1. The van der Waals surface area contributed by atoms with Crippen LogP contribution in [0.15, 0.2) is 53.0 Å². The lowest BCUT2D eigenvalue weighted by Crippen LogP contribution is -2.27. The second-order valence-corrected chi connectivity index (χ2v) is 5.39. The van der Waals surface area contributed by atoms with Crippen molar-refractivity contribution in [2.75, 3.05) is 0 Å². The van der Waals surface area contributed by atoms with Gasteiger partial charge in [-0.3, -0.25) is 4.79 Å². The first kappa shape index (κ1) is 13.8. The van der Waals surface area contributed by atoms with E-state index in [1.54, 1.807) is 0 Å². The molecule has 0 aliphatic heterocycles. The molecule has 0 heterocycles. The van der Waals surface area contributed by atoms with Gasteiger partial charge in [0.25, 0.3) is 5.91 Å². The van der Waals surface area contributed by atoms with Crippen molar-refractivity contribution in [1.29, 1.82) is 0 Å². The van der Waals surface area contributed by atoms with Gasteiger partial charge in [-0.1, -0.05) is 36.4 Å². The first-order valence-corrected chi connectivity index (χ1v) is 7.00. The zero-order chi connectivity index (χ0) is 13.8. The Kier molecular flexibility index (Phi) is 4.38. The van der Waals surface area contributed by atoms with Crippen molar-refractivity contribution < 1.29 is 4.79 Å². The van der Waals surface area contributed by atoms with Gasteiger partial charge < -0.3 is 5.32 Å². The smallest absolute Gasteiger partial charge is 0.252 e. The molecular formula is C16H16BrNO. The minimum atomic E-state index is -0.0665. The quantitative estimate of drug-likeness (QED) is 0.901. The molecule has 2 aromatic carbocycles. The van der Waals surface area contributed by atoms with Crippen molar-refractivity contribution in [1.82, 2.24) is 5.32 Å². The van der Waals surface area contributed by atoms with Crippen LogP contribution < -0.4 is 5.32 Å². The van der Waals surface area contributed by atoms with Crippen molar-refractivity contribution in [3.05, 3.63) is 69.7 Å². The van der Waals surface area contributed by atoms with E-state index in [1.165, 1.54) is 5.56 Å². The molecule has 1 atom stereocenters. The number of nitrogens with one attached hydrogen (secondary N) is 1. The van der Waals surface area contributed by atoms with E-state index < -0.39 is 0 Å². The van der Waals surface area contributed by atoms with Crippen LogP contribution in [0.1, 0.15) is 34.5 Å². The number of benzene rings is 2. The number of amides is 1. The van der Waals surface area contributed by atoms with E-state index in [9.17, 15) is 4.79 Å². The van der Waals surface area contributed by atoms with Crippen molar-refractivity contribution in [3.63, 3.8) is 0 Å². The van der Waals surface area contributed by atoms with E-state index in [0.717, 1.165) is 10.0 Å². The van der Waals surface area contributed by atoms with Gasteiger partial charge in [-0.05, 0) is 53.0 Å². The van der Waals surface area contributed by atoms with E-state index in [2.05, 4.69) is 34.2 Å². The number of hydrogen-bond donors (Lipinski definition) is 1. The fraction of sp³-hybridized carbons (Fsp3) is 0.188. The van der Waals surface area contributed by atoms with Gasteiger partial charge in [-0.25, -0.2) is 0 Å². The molecule has 3 heteroatoms. The van der Waals surface area contributed by atoms with Gasteiger partial charge in [-0.2, -0.15) is 0 Å². The first-order chi connectivity index (χ1) is 9.09. The Morgan fingerprint density at radius 2 is 1.74 bits per heavy atom. The van der Waals surface area contributed by atoms with Crippen molar-refractivity contribution >= 4 is 21.8 Å². The highest BCUT2D eigenvalue weighted by Crippen LogP contribution is 2.20. The highest BCUT2D eigenvalue weighted by atomic mass is 79.9. The van der Waals surface area contributed by atoms with Crippen LogP contribution in [0.5, 0.6) is 0 Å². The summed E-state index contributed by atoms with van der Waals surface area (Å²) in [6.45, 7) is 4.05. The summed E-state index contributed by atoms with van der Waals surface area (Å²) in [7, 11) is 0. The lowest BCUT2D eigenvalue weighted by atomic mass is 10.0. The number of rotatable bonds is 3. The van der Waals surface area contributed by atoms with Gasteiger partial charge in [0.1, 0.15) is 0 Å². The molecule has 1 unspecified atom stereocenters. The lowest BCUT2D eigenvalue weighted by molar-refractivity contribution is 0.0939. The topological polar surface area (TPSA) is 29.1 Å². The highest BCUT2D eigenvalue weighted by molar-refractivity contribution is 9.10. The second-order valence-electron chi connectivity index (χ2n) is 4.53. The number of halogens is 1. The van der Waals surface area contributed by atoms with Crippen molar-refractivity contribution in [2.24, 2.45) is 0 Å². The van der Waals surface area contributed by atoms with Crippen LogP contribution in [0, 0.1) is 6.92 Å². The Morgan fingerprint density at radius 3 is 2.42 bits per heavy atom. The fourth-order valence-corrected chi connectivity index (χ4v) is 2.53. The van der Waals surface area contributed by atoms with Gasteiger partial charge in [0.2, 0.25) is 0 Å². The molecule has 1 N–H and O–H groups in total. The van der Waals surface area contributed by atoms with E-state index in [1.807, 2.05) is 49.4 Å². The van der Waals surface area contributed by atoms with Crippen LogP contribution >= 0.6 is 15.9 Å². The third-order valence-electron chi connectivity index (χ3n) is 3.12. The van der Waals surface area contributed by atoms with E-state index in [-0.39, 0.29) is 11.9 Å². The van der Waals surface area contributed by atoms with Gasteiger partial charge in [-0.15, -0.1) is 0 Å². The molecule has 0 radical (unpaired) electrons. The molecule has 2 aromatic rings. The minimum absolute atomic E-state index is 0.0131. The Hall–Kier alpha value is -1.61. The second kappa shape index (κ2) is 6.02. The molecule has 0 aliphatic carbocycles. The molecule has 0 aromatic heterocycles. The van der Waals surface area contributed by atoms with Crippen LogP contribution in [0.4, 0.5) is 0 Å². The monoisotopic (exact) mass is 317 g/mol. The zero-order valence-electron chi connectivity index (χ0n) is 11.0. The largest absolute Gasteiger partial charge is 0.345 e. The molecule has 0 fully saturated rings. The summed E-state index contributed by atoms with van der Waals surface area (Å²) in [6.07, 6.45) is 0. The summed E-state index contributed by atoms with van der Waals surface area (Å²) in [5.41, 5.74) is 2.98. The number of hydrogen-bond acceptors (Lipinski definition) is 1. The maximum Gasteiger partial charge on any atom is 0.252 e. The normalized spacial score (nSPS) is 11.9. The molecule has 2 rings (SSSR count). The van der Waals surface area contributed by atoms with Crippen LogP contribution in [0.3, 0.4) is 0 Å². The number of carbonyl (C=O) groups is 1. The Morgan fingerprint density at radius 1 is 1.11 bits per heavy atom. The van der Waals surface area contributed by atoms with Crippen molar-refractivity contribution in [3.8, 4) is 0 Å². The zero-order valence-corrected chi connectivity index (χ0v) is 12.6. The Balaban J connectivity index is 2.16. The van der Waals surface area contributed by atoms with Crippen LogP contribution in [0.2, 0.25) is 0 Å². The maximum atomic E-state index is 12.2. The predicted molar refractivity (Wildman–Crippen MR) is 81.2 cm³/mol. The summed E-state index contributed by atoms with van der Waals surface area (Å²) < 4.78 is 0.810. The van der Waals surface area contributed by atoms with Gasteiger partial charge in [0.05, 0.1) is 11.6 Å². The van der Waals surface area contributed by atoms with Gasteiger partial charge in [0, 0.05) is 4.47 Å². The predicted octanol–water partition coefficient (Wildman–Crippen LogP) is 4.25. The Labute approximate surface area is 122 Å². The standard InChI is InChI=1S/C16H16BrNO/c1-11-7-3-4-8-13(11)12(2)18-16(19)14-9-5-6-10-15(14)17/h3-10,12H,1-2H3,(H,18,19). The van der Waals surface area contributed by atoms with Crippen LogP contribution in [-0.2, 0) is 0 Å². The fourth-order valence-electron chi connectivity index (χ4n) is 2.07. The molecule has 0 bridgehead atoms.